The molecule has 2 unspecified atom stereocenters. The summed E-state index contributed by atoms with van der Waals surface area (Å²) in [4.78, 5) is 16.5. The summed E-state index contributed by atoms with van der Waals surface area (Å²) in [5.41, 5.74) is 1.69. The number of ether oxygens (including phenoxy) is 1. The number of likely N-dealkylation sites (N-methyl/N-ethyl adjacent to an activating group) is 1. The second kappa shape index (κ2) is 5.83. The molecular formula is C16H24N2O2. The molecule has 1 saturated heterocycles. The Morgan fingerprint density at radius 2 is 2.05 bits per heavy atom. The van der Waals surface area contributed by atoms with Crippen molar-refractivity contribution in [2.24, 2.45) is 5.92 Å². The molecule has 0 saturated carbocycles. The Morgan fingerprint density at radius 3 is 2.55 bits per heavy atom. The maximum absolute atomic E-state index is 12.0. The summed E-state index contributed by atoms with van der Waals surface area (Å²) in [5.74, 6) is 1.30. The van der Waals surface area contributed by atoms with Gasteiger partial charge in [-0.15, -0.1) is 0 Å². The van der Waals surface area contributed by atoms with Crippen LogP contribution in [0.1, 0.15) is 24.2 Å². The minimum atomic E-state index is 0.0541. The summed E-state index contributed by atoms with van der Waals surface area (Å²) < 4.78 is 5.35. The third-order valence-corrected chi connectivity index (χ3v) is 4.15. The highest BCUT2D eigenvalue weighted by molar-refractivity contribution is 6.02. The van der Waals surface area contributed by atoms with Crippen LogP contribution in [0.4, 0.5) is 5.69 Å². The second-order valence-corrected chi connectivity index (χ2v) is 5.82. The van der Waals surface area contributed by atoms with Crippen molar-refractivity contribution in [3.05, 3.63) is 23.8 Å². The first-order valence-corrected chi connectivity index (χ1v) is 7.05. The van der Waals surface area contributed by atoms with Gasteiger partial charge in [-0.05, 0) is 39.1 Å². The SMILES string of the molecule is COc1cccc(N2CC(C)C(N(C)C)C2)c1C(C)=O. The van der Waals surface area contributed by atoms with E-state index in [0.717, 1.165) is 18.8 Å². The van der Waals surface area contributed by atoms with Gasteiger partial charge in [-0.1, -0.05) is 13.0 Å². The molecule has 0 N–H and O–H groups in total. The Balaban J connectivity index is 2.37. The van der Waals surface area contributed by atoms with Crippen LogP contribution >= 0.6 is 0 Å². The number of rotatable bonds is 4. The number of Topliss-reactive ketones (excluding diaryl/α,β-unsaturated/α-hetero) is 1. The molecule has 1 heterocycles. The zero-order valence-corrected chi connectivity index (χ0v) is 13.0. The van der Waals surface area contributed by atoms with Crippen molar-refractivity contribution < 1.29 is 9.53 Å². The third-order valence-electron chi connectivity index (χ3n) is 4.15. The molecule has 1 aliphatic rings. The number of carbonyl (C=O) groups is 1. The molecule has 2 atom stereocenters. The van der Waals surface area contributed by atoms with Gasteiger partial charge >= 0.3 is 0 Å². The number of benzene rings is 1. The van der Waals surface area contributed by atoms with E-state index >= 15 is 0 Å². The molecule has 1 aromatic carbocycles. The first kappa shape index (κ1) is 14.9. The van der Waals surface area contributed by atoms with Gasteiger partial charge in [-0.3, -0.25) is 4.79 Å². The van der Waals surface area contributed by atoms with E-state index in [4.69, 9.17) is 4.74 Å². The first-order chi connectivity index (χ1) is 9.45. The van der Waals surface area contributed by atoms with Crippen molar-refractivity contribution in [3.63, 3.8) is 0 Å². The van der Waals surface area contributed by atoms with Gasteiger partial charge in [0.05, 0.1) is 18.4 Å². The van der Waals surface area contributed by atoms with E-state index < -0.39 is 0 Å². The van der Waals surface area contributed by atoms with Crippen molar-refractivity contribution in [1.29, 1.82) is 0 Å². The lowest BCUT2D eigenvalue weighted by Gasteiger charge is -2.24. The molecular weight excluding hydrogens is 252 g/mol. The van der Waals surface area contributed by atoms with E-state index in [1.54, 1.807) is 14.0 Å². The monoisotopic (exact) mass is 276 g/mol. The predicted molar refractivity (Wildman–Crippen MR) is 81.9 cm³/mol. The van der Waals surface area contributed by atoms with Crippen molar-refractivity contribution in [2.75, 3.05) is 39.2 Å². The lowest BCUT2D eigenvalue weighted by atomic mass is 10.1. The maximum atomic E-state index is 12.0. The fourth-order valence-corrected chi connectivity index (χ4v) is 3.13. The number of carbonyl (C=O) groups excluding carboxylic acids is 1. The normalized spacial score (nSPS) is 22.4. The Morgan fingerprint density at radius 1 is 1.35 bits per heavy atom. The highest BCUT2D eigenvalue weighted by Crippen LogP contribution is 2.33. The lowest BCUT2D eigenvalue weighted by molar-refractivity contribution is 0.101. The summed E-state index contributed by atoms with van der Waals surface area (Å²) in [6.07, 6.45) is 0. The van der Waals surface area contributed by atoms with E-state index in [2.05, 4.69) is 30.8 Å². The van der Waals surface area contributed by atoms with E-state index in [1.165, 1.54) is 0 Å². The number of hydrogen-bond donors (Lipinski definition) is 0. The van der Waals surface area contributed by atoms with Crippen LogP contribution in [0.3, 0.4) is 0 Å². The lowest BCUT2D eigenvalue weighted by Crippen LogP contribution is -2.34. The van der Waals surface area contributed by atoms with Gasteiger partial charge in [0.1, 0.15) is 5.75 Å². The van der Waals surface area contributed by atoms with Crippen LogP contribution in [0.25, 0.3) is 0 Å². The zero-order chi connectivity index (χ0) is 14.9. The first-order valence-electron chi connectivity index (χ1n) is 7.05. The molecule has 0 spiro atoms. The van der Waals surface area contributed by atoms with Gasteiger partial charge in [0.15, 0.2) is 5.78 Å². The molecule has 0 amide bonds. The highest BCUT2D eigenvalue weighted by Gasteiger charge is 2.33. The van der Waals surface area contributed by atoms with Crippen LogP contribution in [0.2, 0.25) is 0 Å². The highest BCUT2D eigenvalue weighted by atomic mass is 16.5. The fourth-order valence-electron chi connectivity index (χ4n) is 3.13. The standard InChI is InChI=1S/C16H24N2O2/c1-11-9-18(10-14(11)17(3)4)13-7-6-8-15(20-5)16(13)12(2)19/h6-8,11,14H,9-10H2,1-5H3. The van der Waals surface area contributed by atoms with Gasteiger partial charge < -0.3 is 14.5 Å². The molecule has 1 aliphatic heterocycles. The minimum Gasteiger partial charge on any atom is -0.496 e. The largest absolute Gasteiger partial charge is 0.496 e. The molecule has 0 aromatic heterocycles. The predicted octanol–water partition coefficient (Wildman–Crippen LogP) is 2.28. The van der Waals surface area contributed by atoms with Crippen LogP contribution in [0.15, 0.2) is 18.2 Å². The molecule has 0 bridgehead atoms. The number of hydrogen-bond acceptors (Lipinski definition) is 4. The summed E-state index contributed by atoms with van der Waals surface area (Å²) >= 11 is 0. The van der Waals surface area contributed by atoms with Crippen molar-refractivity contribution in [1.82, 2.24) is 4.90 Å². The second-order valence-electron chi connectivity index (χ2n) is 5.82. The Kier molecular flexibility index (Phi) is 4.33. The summed E-state index contributed by atoms with van der Waals surface area (Å²) in [5, 5.41) is 0. The average molecular weight is 276 g/mol. The van der Waals surface area contributed by atoms with Crippen molar-refractivity contribution >= 4 is 11.5 Å². The van der Waals surface area contributed by atoms with Gasteiger partial charge in [0.25, 0.3) is 0 Å². The summed E-state index contributed by atoms with van der Waals surface area (Å²) in [6, 6.07) is 6.34. The molecule has 0 aliphatic carbocycles. The van der Waals surface area contributed by atoms with E-state index in [0.29, 0.717) is 23.3 Å². The quantitative estimate of drug-likeness (QED) is 0.790. The zero-order valence-electron chi connectivity index (χ0n) is 13.0. The topological polar surface area (TPSA) is 32.8 Å². The van der Waals surface area contributed by atoms with Crippen molar-refractivity contribution in [3.8, 4) is 5.75 Å². The van der Waals surface area contributed by atoms with Crippen LogP contribution in [0.5, 0.6) is 5.75 Å². The van der Waals surface area contributed by atoms with Crippen LogP contribution in [0, 0.1) is 5.92 Å². The number of anilines is 1. The average Bonchev–Trinajstić information content (AvgIpc) is 2.79. The Bertz CT molecular complexity index is 499. The van der Waals surface area contributed by atoms with Gasteiger partial charge in [0, 0.05) is 19.1 Å². The minimum absolute atomic E-state index is 0.0541. The molecule has 4 heteroatoms. The van der Waals surface area contributed by atoms with Gasteiger partial charge in [-0.2, -0.15) is 0 Å². The van der Waals surface area contributed by atoms with E-state index in [-0.39, 0.29) is 5.78 Å². The third kappa shape index (κ3) is 2.66. The Labute approximate surface area is 121 Å². The van der Waals surface area contributed by atoms with Crippen LogP contribution in [-0.2, 0) is 0 Å². The molecule has 110 valence electrons. The van der Waals surface area contributed by atoms with Crippen LogP contribution < -0.4 is 9.64 Å². The Hall–Kier alpha value is -1.55. The van der Waals surface area contributed by atoms with Gasteiger partial charge in [-0.25, -0.2) is 0 Å². The number of methoxy groups -OCH3 is 1. The molecule has 2 rings (SSSR count). The summed E-state index contributed by atoms with van der Waals surface area (Å²) in [7, 11) is 5.84. The van der Waals surface area contributed by atoms with Crippen molar-refractivity contribution in [2.45, 2.75) is 19.9 Å². The van der Waals surface area contributed by atoms with E-state index in [9.17, 15) is 4.79 Å². The number of ketones is 1. The van der Waals surface area contributed by atoms with E-state index in [1.807, 2.05) is 18.2 Å². The smallest absolute Gasteiger partial charge is 0.165 e. The fraction of sp³-hybridized carbons (Fsp3) is 0.562. The molecule has 0 radical (unpaired) electrons. The van der Waals surface area contributed by atoms with Crippen LogP contribution in [-0.4, -0.2) is 51.0 Å². The maximum Gasteiger partial charge on any atom is 0.165 e. The molecule has 20 heavy (non-hydrogen) atoms. The number of nitrogens with zero attached hydrogens (tertiary/aromatic N) is 2. The molecule has 4 nitrogen and oxygen atoms in total. The summed E-state index contributed by atoms with van der Waals surface area (Å²) in [6.45, 7) is 5.78. The molecule has 1 aromatic rings. The molecule has 1 fully saturated rings. The van der Waals surface area contributed by atoms with Gasteiger partial charge in [0.2, 0.25) is 0 Å².